The van der Waals surface area contributed by atoms with Crippen molar-refractivity contribution in [3.63, 3.8) is 0 Å². The van der Waals surface area contributed by atoms with Crippen molar-refractivity contribution >= 4 is 45.9 Å². The zero-order chi connectivity index (χ0) is 20.6. The number of carbonyl (C=O) groups excluding carboxylic acids is 3. The number of amides is 3. The number of nitrogens with two attached hydrogens (primary N) is 1. The standard InChI is InChI=1S/C22H21N3O3S/c23-20(26)11-12-24-22(28)18-7-3-4-8-19(18)25-21(27)14-29-17-10-9-15-5-1-2-6-16(15)13-17/h1-10,13H,11-12,14H2,(H2,23,26)(H,24,28)(H,25,27). The fraction of sp³-hybridized carbons (Fsp3) is 0.136. The number of rotatable bonds is 8. The summed E-state index contributed by atoms with van der Waals surface area (Å²) < 4.78 is 0. The fourth-order valence-electron chi connectivity index (χ4n) is 2.78. The molecule has 0 aromatic heterocycles. The number of carbonyl (C=O) groups is 3. The monoisotopic (exact) mass is 407 g/mol. The highest BCUT2D eigenvalue weighted by Gasteiger charge is 2.13. The molecule has 29 heavy (non-hydrogen) atoms. The molecule has 0 saturated carbocycles. The molecule has 3 amide bonds. The molecule has 148 valence electrons. The van der Waals surface area contributed by atoms with Gasteiger partial charge in [0.2, 0.25) is 11.8 Å². The Balaban J connectivity index is 1.60. The highest BCUT2D eigenvalue weighted by atomic mass is 32.2. The van der Waals surface area contributed by atoms with E-state index >= 15 is 0 Å². The van der Waals surface area contributed by atoms with Crippen LogP contribution in [-0.2, 0) is 9.59 Å². The van der Waals surface area contributed by atoms with Crippen LogP contribution in [0.2, 0.25) is 0 Å². The summed E-state index contributed by atoms with van der Waals surface area (Å²) in [6.45, 7) is 0.147. The Morgan fingerprint density at radius 3 is 2.41 bits per heavy atom. The molecule has 0 unspecified atom stereocenters. The van der Waals surface area contributed by atoms with Crippen molar-refractivity contribution in [1.29, 1.82) is 0 Å². The maximum absolute atomic E-state index is 12.4. The summed E-state index contributed by atoms with van der Waals surface area (Å²) in [4.78, 5) is 36.5. The van der Waals surface area contributed by atoms with E-state index in [-0.39, 0.29) is 30.5 Å². The first-order valence-corrected chi connectivity index (χ1v) is 10.1. The number of primary amides is 1. The van der Waals surface area contributed by atoms with Gasteiger partial charge in [0, 0.05) is 17.9 Å². The van der Waals surface area contributed by atoms with Crippen LogP contribution in [0.25, 0.3) is 10.8 Å². The van der Waals surface area contributed by atoms with E-state index in [2.05, 4.69) is 10.6 Å². The Morgan fingerprint density at radius 1 is 0.897 bits per heavy atom. The molecule has 0 aliphatic heterocycles. The quantitative estimate of drug-likeness (QED) is 0.499. The Kier molecular flexibility index (Phi) is 6.86. The molecule has 0 spiro atoms. The molecular formula is C22H21N3O3S. The van der Waals surface area contributed by atoms with E-state index in [9.17, 15) is 14.4 Å². The van der Waals surface area contributed by atoms with Crippen molar-refractivity contribution in [2.24, 2.45) is 5.73 Å². The van der Waals surface area contributed by atoms with Gasteiger partial charge in [0.15, 0.2) is 0 Å². The lowest BCUT2D eigenvalue weighted by Gasteiger charge is -2.11. The Labute approximate surface area is 172 Å². The van der Waals surface area contributed by atoms with E-state index in [1.54, 1.807) is 24.3 Å². The van der Waals surface area contributed by atoms with Crippen LogP contribution < -0.4 is 16.4 Å². The zero-order valence-electron chi connectivity index (χ0n) is 15.7. The SMILES string of the molecule is NC(=O)CCNC(=O)c1ccccc1NC(=O)CSc1ccc2ccccc2c1. The summed E-state index contributed by atoms with van der Waals surface area (Å²) in [7, 11) is 0. The number of hydrogen-bond acceptors (Lipinski definition) is 4. The van der Waals surface area contributed by atoms with E-state index < -0.39 is 5.91 Å². The van der Waals surface area contributed by atoms with Crippen LogP contribution in [0.1, 0.15) is 16.8 Å². The minimum atomic E-state index is -0.488. The summed E-state index contributed by atoms with van der Waals surface area (Å²) in [6.07, 6.45) is 0.0582. The van der Waals surface area contributed by atoms with Gasteiger partial charge in [0.25, 0.3) is 5.91 Å². The van der Waals surface area contributed by atoms with Crippen molar-refractivity contribution in [3.8, 4) is 0 Å². The average Bonchev–Trinajstić information content (AvgIpc) is 2.72. The van der Waals surface area contributed by atoms with Crippen molar-refractivity contribution in [2.75, 3.05) is 17.6 Å². The number of anilines is 1. The molecule has 0 bridgehead atoms. The van der Waals surface area contributed by atoms with Gasteiger partial charge in [0.1, 0.15) is 0 Å². The van der Waals surface area contributed by atoms with Crippen LogP contribution in [0.15, 0.2) is 71.6 Å². The molecule has 3 aromatic rings. The minimum absolute atomic E-state index is 0.0582. The molecular weight excluding hydrogens is 386 g/mol. The summed E-state index contributed by atoms with van der Waals surface area (Å²) in [5.74, 6) is -0.849. The molecule has 6 nitrogen and oxygen atoms in total. The summed E-state index contributed by atoms with van der Waals surface area (Å²) in [6, 6.07) is 20.9. The third kappa shape index (κ3) is 5.83. The third-order valence-electron chi connectivity index (χ3n) is 4.19. The summed E-state index contributed by atoms with van der Waals surface area (Å²) in [5, 5.41) is 7.68. The number of hydrogen-bond donors (Lipinski definition) is 3. The maximum atomic E-state index is 12.4. The Hall–Kier alpha value is -3.32. The van der Waals surface area contributed by atoms with Gasteiger partial charge in [-0.25, -0.2) is 0 Å². The summed E-state index contributed by atoms with van der Waals surface area (Å²) in [5.41, 5.74) is 5.83. The molecule has 0 heterocycles. The first-order valence-electron chi connectivity index (χ1n) is 9.10. The minimum Gasteiger partial charge on any atom is -0.370 e. The second-order valence-electron chi connectivity index (χ2n) is 6.36. The smallest absolute Gasteiger partial charge is 0.253 e. The van der Waals surface area contributed by atoms with E-state index in [0.717, 1.165) is 15.7 Å². The Bertz CT molecular complexity index is 1050. The number of fused-ring (bicyclic) bond motifs is 1. The van der Waals surface area contributed by atoms with Crippen molar-refractivity contribution < 1.29 is 14.4 Å². The lowest BCUT2D eigenvalue weighted by atomic mass is 10.1. The molecule has 7 heteroatoms. The topological polar surface area (TPSA) is 101 Å². The van der Waals surface area contributed by atoms with Gasteiger partial charge >= 0.3 is 0 Å². The number of benzene rings is 3. The van der Waals surface area contributed by atoms with Crippen LogP contribution in [0, 0.1) is 0 Å². The normalized spacial score (nSPS) is 10.5. The first kappa shape index (κ1) is 20.4. The molecule has 4 N–H and O–H groups in total. The predicted octanol–water partition coefficient (Wildman–Crippen LogP) is 3.18. The highest BCUT2D eigenvalue weighted by molar-refractivity contribution is 8.00. The zero-order valence-corrected chi connectivity index (χ0v) is 16.5. The van der Waals surface area contributed by atoms with Crippen molar-refractivity contribution in [1.82, 2.24) is 5.32 Å². The van der Waals surface area contributed by atoms with Gasteiger partial charge in [-0.05, 0) is 35.0 Å². The number of thioether (sulfide) groups is 1. The van der Waals surface area contributed by atoms with Crippen LogP contribution in [0.5, 0.6) is 0 Å². The van der Waals surface area contributed by atoms with E-state index in [0.29, 0.717) is 11.3 Å². The van der Waals surface area contributed by atoms with Crippen LogP contribution in [-0.4, -0.2) is 30.0 Å². The molecule has 0 atom stereocenters. The average molecular weight is 407 g/mol. The summed E-state index contributed by atoms with van der Waals surface area (Å²) >= 11 is 1.43. The lowest BCUT2D eigenvalue weighted by molar-refractivity contribution is -0.118. The van der Waals surface area contributed by atoms with E-state index in [1.165, 1.54) is 11.8 Å². The van der Waals surface area contributed by atoms with Gasteiger partial charge < -0.3 is 16.4 Å². The second kappa shape index (κ2) is 9.75. The fourth-order valence-corrected chi connectivity index (χ4v) is 3.52. The van der Waals surface area contributed by atoms with E-state index in [4.69, 9.17) is 5.73 Å². The molecule has 0 aliphatic carbocycles. The van der Waals surface area contributed by atoms with Gasteiger partial charge in [-0.2, -0.15) is 0 Å². The van der Waals surface area contributed by atoms with Crippen LogP contribution >= 0.6 is 11.8 Å². The molecule has 0 aliphatic rings. The van der Waals surface area contributed by atoms with Gasteiger partial charge in [-0.15, -0.1) is 11.8 Å². The first-order chi connectivity index (χ1) is 14.0. The molecule has 0 saturated heterocycles. The molecule has 0 radical (unpaired) electrons. The molecule has 0 fully saturated rings. The Morgan fingerprint density at radius 2 is 1.62 bits per heavy atom. The van der Waals surface area contributed by atoms with Crippen molar-refractivity contribution in [3.05, 3.63) is 72.3 Å². The number of nitrogens with one attached hydrogen (secondary N) is 2. The van der Waals surface area contributed by atoms with E-state index in [1.807, 2.05) is 42.5 Å². The largest absolute Gasteiger partial charge is 0.370 e. The van der Waals surface area contributed by atoms with Crippen LogP contribution in [0.4, 0.5) is 5.69 Å². The van der Waals surface area contributed by atoms with Gasteiger partial charge in [-0.3, -0.25) is 14.4 Å². The van der Waals surface area contributed by atoms with Gasteiger partial charge in [-0.1, -0.05) is 42.5 Å². The second-order valence-corrected chi connectivity index (χ2v) is 7.41. The molecule has 3 rings (SSSR count). The predicted molar refractivity (Wildman–Crippen MR) is 116 cm³/mol. The third-order valence-corrected chi connectivity index (χ3v) is 5.19. The maximum Gasteiger partial charge on any atom is 0.253 e. The highest BCUT2D eigenvalue weighted by Crippen LogP contribution is 2.24. The van der Waals surface area contributed by atoms with Crippen LogP contribution in [0.3, 0.4) is 0 Å². The molecule has 3 aromatic carbocycles. The van der Waals surface area contributed by atoms with Gasteiger partial charge in [0.05, 0.1) is 17.0 Å². The number of para-hydroxylation sites is 1. The lowest BCUT2D eigenvalue weighted by Crippen LogP contribution is -2.29. The van der Waals surface area contributed by atoms with Crippen molar-refractivity contribution in [2.45, 2.75) is 11.3 Å².